The van der Waals surface area contributed by atoms with Crippen molar-refractivity contribution in [3.05, 3.63) is 76.2 Å². The van der Waals surface area contributed by atoms with Gasteiger partial charge in [-0.1, -0.05) is 48.5 Å². The number of para-hydroxylation sites is 1. The summed E-state index contributed by atoms with van der Waals surface area (Å²) >= 11 is 0. The number of aromatic carboxylic acids is 1. The number of methoxy groups -OCH3 is 1. The van der Waals surface area contributed by atoms with Crippen LogP contribution in [0.25, 0.3) is 21.8 Å². The highest BCUT2D eigenvalue weighted by Crippen LogP contribution is 2.35. The van der Waals surface area contributed by atoms with Gasteiger partial charge in [-0.15, -0.1) is 0 Å². The molecule has 2 aromatic heterocycles. The van der Waals surface area contributed by atoms with Crippen LogP contribution in [0.2, 0.25) is 0 Å². The molecule has 1 N–H and O–H groups in total. The van der Waals surface area contributed by atoms with Crippen molar-refractivity contribution in [2.75, 3.05) is 7.11 Å². The molecule has 0 fully saturated rings. The van der Waals surface area contributed by atoms with Gasteiger partial charge in [0.1, 0.15) is 5.39 Å². The number of benzene rings is 2. The van der Waals surface area contributed by atoms with Crippen molar-refractivity contribution in [2.45, 2.75) is 20.0 Å². The molecule has 0 aliphatic rings. The number of hydrogen-bond donors (Lipinski definition) is 1. The Hall–Kier alpha value is -3.87. The summed E-state index contributed by atoms with van der Waals surface area (Å²) < 4.78 is 8.34. The van der Waals surface area contributed by atoms with Gasteiger partial charge in [0, 0.05) is 17.5 Å². The van der Waals surface area contributed by atoms with Gasteiger partial charge in [-0.3, -0.25) is 14.2 Å². The molecular formula is C23H20N2O5. The molecule has 0 unspecified atom stereocenters. The van der Waals surface area contributed by atoms with Crippen LogP contribution in [-0.4, -0.2) is 33.1 Å². The lowest BCUT2D eigenvalue weighted by atomic mass is 10.1. The minimum absolute atomic E-state index is 0.0102. The zero-order chi connectivity index (χ0) is 21.4. The maximum atomic E-state index is 13.5. The van der Waals surface area contributed by atoms with E-state index in [9.17, 15) is 19.5 Å². The second-order valence-corrected chi connectivity index (χ2v) is 6.85. The Morgan fingerprint density at radius 3 is 2.30 bits per heavy atom. The van der Waals surface area contributed by atoms with Crippen LogP contribution < -0.4 is 10.3 Å². The summed E-state index contributed by atoms with van der Waals surface area (Å²) in [7, 11) is 1.34. The smallest absolute Gasteiger partial charge is 0.356 e. The molecular weight excluding hydrogens is 384 g/mol. The SMILES string of the molecule is CCn1c(C(=O)O)c(OC)c2c(=O)n(CC(=O)c3ccccc3)c3ccccc3c21. The number of aromatic nitrogens is 2. The van der Waals surface area contributed by atoms with Gasteiger partial charge in [-0.2, -0.15) is 0 Å². The molecule has 30 heavy (non-hydrogen) atoms. The van der Waals surface area contributed by atoms with E-state index in [0.717, 1.165) is 0 Å². The van der Waals surface area contributed by atoms with E-state index in [1.165, 1.54) is 11.7 Å². The Balaban J connectivity index is 2.09. The molecule has 0 amide bonds. The van der Waals surface area contributed by atoms with Gasteiger partial charge >= 0.3 is 5.97 Å². The number of carboxylic acid groups (broad SMARTS) is 1. The minimum Gasteiger partial charge on any atom is -0.493 e. The zero-order valence-corrected chi connectivity index (χ0v) is 16.6. The normalized spacial score (nSPS) is 11.1. The molecule has 0 aliphatic heterocycles. The second kappa shape index (κ2) is 7.51. The van der Waals surface area contributed by atoms with Crippen LogP contribution in [0, 0.1) is 0 Å². The number of aryl methyl sites for hydroxylation is 1. The maximum Gasteiger partial charge on any atom is 0.356 e. The molecule has 0 saturated carbocycles. The summed E-state index contributed by atoms with van der Waals surface area (Å²) in [6, 6.07) is 15.9. The number of hydrogen-bond acceptors (Lipinski definition) is 4. The summed E-state index contributed by atoms with van der Waals surface area (Å²) in [6.07, 6.45) is 0. The van der Waals surface area contributed by atoms with E-state index in [-0.39, 0.29) is 29.2 Å². The highest BCUT2D eigenvalue weighted by atomic mass is 16.5. The lowest BCUT2D eigenvalue weighted by Gasteiger charge is -2.13. The Bertz CT molecular complexity index is 1350. The van der Waals surface area contributed by atoms with Gasteiger partial charge in [-0.25, -0.2) is 4.79 Å². The summed E-state index contributed by atoms with van der Waals surface area (Å²) in [6.45, 7) is 1.99. The van der Waals surface area contributed by atoms with Crippen molar-refractivity contribution in [3.63, 3.8) is 0 Å². The third-order valence-electron chi connectivity index (χ3n) is 5.25. The van der Waals surface area contributed by atoms with Crippen molar-refractivity contribution in [2.24, 2.45) is 0 Å². The fourth-order valence-corrected chi connectivity index (χ4v) is 3.97. The number of rotatable bonds is 6. The predicted molar refractivity (Wildman–Crippen MR) is 114 cm³/mol. The van der Waals surface area contributed by atoms with Gasteiger partial charge in [0.2, 0.25) is 0 Å². The van der Waals surface area contributed by atoms with Crippen molar-refractivity contribution < 1.29 is 19.4 Å². The molecule has 0 atom stereocenters. The standard InChI is InChI=1S/C23H20N2O5/c1-3-24-19-15-11-7-8-12-16(15)25(13-17(26)14-9-5-4-6-10-14)22(27)18(19)21(30-2)20(24)23(28)29/h4-12H,3,13H2,1-2H3,(H,28,29). The molecule has 4 rings (SSSR count). The molecule has 7 nitrogen and oxygen atoms in total. The fourth-order valence-electron chi connectivity index (χ4n) is 3.97. The van der Waals surface area contributed by atoms with Crippen LogP contribution in [0.4, 0.5) is 0 Å². The zero-order valence-electron chi connectivity index (χ0n) is 16.6. The molecule has 0 aliphatic carbocycles. The summed E-state index contributed by atoms with van der Waals surface area (Å²) in [5, 5.41) is 10.6. The van der Waals surface area contributed by atoms with Crippen molar-refractivity contribution in [1.29, 1.82) is 0 Å². The van der Waals surface area contributed by atoms with E-state index in [4.69, 9.17) is 4.74 Å². The van der Waals surface area contributed by atoms with E-state index in [1.54, 1.807) is 41.0 Å². The van der Waals surface area contributed by atoms with Crippen LogP contribution in [0.1, 0.15) is 27.8 Å². The molecule has 2 heterocycles. The monoisotopic (exact) mass is 404 g/mol. The van der Waals surface area contributed by atoms with Crippen LogP contribution in [-0.2, 0) is 13.1 Å². The van der Waals surface area contributed by atoms with Crippen LogP contribution in [0.5, 0.6) is 5.75 Å². The van der Waals surface area contributed by atoms with Gasteiger partial charge < -0.3 is 14.4 Å². The number of pyridine rings is 1. The molecule has 0 bridgehead atoms. The lowest BCUT2D eigenvalue weighted by molar-refractivity contribution is 0.0682. The Kier molecular flexibility index (Phi) is 4.87. The van der Waals surface area contributed by atoms with Crippen molar-refractivity contribution in [3.8, 4) is 5.75 Å². The number of nitrogens with zero attached hydrogens (tertiary/aromatic N) is 2. The Labute approximate surface area is 171 Å². The molecule has 152 valence electrons. The van der Waals surface area contributed by atoms with Crippen molar-refractivity contribution >= 4 is 33.6 Å². The number of ether oxygens (including phenoxy) is 1. The van der Waals surface area contributed by atoms with Crippen LogP contribution in [0.3, 0.4) is 0 Å². The molecule has 0 radical (unpaired) electrons. The summed E-state index contributed by atoms with van der Waals surface area (Å²) in [5.74, 6) is -1.38. The van der Waals surface area contributed by atoms with Gasteiger partial charge in [0.05, 0.1) is 24.7 Å². The highest BCUT2D eigenvalue weighted by Gasteiger charge is 2.28. The van der Waals surface area contributed by atoms with E-state index in [1.807, 2.05) is 25.1 Å². The largest absolute Gasteiger partial charge is 0.493 e. The van der Waals surface area contributed by atoms with Gasteiger partial charge in [0.15, 0.2) is 17.2 Å². The summed E-state index contributed by atoms with van der Waals surface area (Å²) in [5.41, 5.74) is 1.02. The van der Waals surface area contributed by atoms with Crippen molar-refractivity contribution in [1.82, 2.24) is 9.13 Å². The molecule has 0 saturated heterocycles. The third-order valence-corrected chi connectivity index (χ3v) is 5.25. The predicted octanol–water partition coefficient (Wildman–Crippen LogP) is 3.57. The van der Waals surface area contributed by atoms with E-state index in [2.05, 4.69) is 0 Å². The average Bonchev–Trinajstić information content (AvgIpc) is 3.12. The molecule has 7 heteroatoms. The number of fused-ring (bicyclic) bond motifs is 3. The Morgan fingerprint density at radius 2 is 1.67 bits per heavy atom. The number of carbonyl (C=O) groups is 2. The van der Waals surface area contributed by atoms with E-state index >= 15 is 0 Å². The van der Waals surface area contributed by atoms with E-state index in [0.29, 0.717) is 28.5 Å². The van der Waals surface area contributed by atoms with Crippen LogP contribution in [0.15, 0.2) is 59.4 Å². The first-order valence-corrected chi connectivity index (χ1v) is 9.52. The first-order chi connectivity index (χ1) is 14.5. The number of carboxylic acids is 1. The second-order valence-electron chi connectivity index (χ2n) is 6.85. The minimum atomic E-state index is -1.18. The molecule has 2 aromatic carbocycles. The molecule has 4 aromatic rings. The third kappa shape index (κ3) is 2.86. The lowest BCUT2D eigenvalue weighted by Crippen LogP contribution is -2.25. The fraction of sp³-hybridized carbons (Fsp3) is 0.174. The van der Waals surface area contributed by atoms with Crippen LogP contribution >= 0.6 is 0 Å². The number of ketones is 1. The Morgan fingerprint density at radius 1 is 1.00 bits per heavy atom. The highest BCUT2D eigenvalue weighted by molar-refractivity contribution is 6.11. The number of carbonyl (C=O) groups excluding carboxylic acids is 1. The topological polar surface area (TPSA) is 90.5 Å². The maximum absolute atomic E-state index is 13.5. The van der Waals surface area contributed by atoms with Gasteiger partial charge in [-0.05, 0) is 13.0 Å². The summed E-state index contributed by atoms with van der Waals surface area (Å²) in [4.78, 5) is 38.3. The van der Waals surface area contributed by atoms with E-state index < -0.39 is 11.5 Å². The first-order valence-electron chi connectivity index (χ1n) is 9.52. The first kappa shape index (κ1) is 19.4. The average molecular weight is 404 g/mol. The van der Waals surface area contributed by atoms with Gasteiger partial charge in [0.25, 0.3) is 5.56 Å². The number of Topliss-reactive ketones (excluding diaryl/α,β-unsaturated/α-hetero) is 1. The quantitative estimate of drug-likeness (QED) is 0.496. The molecule has 0 spiro atoms.